The van der Waals surface area contributed by atoms with Crippen LogP contribution in [0.1, 0.15) is 0 Å². The Kier molecular flexibility index (Phi) is 5.94. The summed E-state index contributed by atoms with van der Waals surface area (Å²) in [6, 6.07) is 31.4. The number of hydrogen-bond acceptors (Lipinski definition) is 2. The van der Waals surface area contributed by atoms with E-state index >= 15 is 0 Å². The van der Waals surface area contributed by atoms with Gasteiger partial charge in [0.1, 0.15) is 0 Å². The molecule has 3 rings (SSSR count). The summed E-state index contributed by atoms with van der Waals surface area (Å²) in [7, 11) is 1.39. The van der Waals surface area contributed by atoms with Crippen molar-refractivity contribution in [3.05, 3.63) is 103 Å². The molecule has 0 fully saturated rings. The minimum atomic E-state index is -3.00. The normalized spacial score (nSPS) is 13.0. The fourth-order valence-corrected chi connectivity index (χ4v) is 10.4. The molecule has 0 aliphatic heterocycles. The molecule has 0 spiro atoms. The Morgan fingerprint density at radius 3 is 1.52 bits per heavy atom. The van der Waals surface area contributed by atoms with Crippen LogP contribution in [-0.2, 0) is 9.53 Å². The fraction of sp³-hybridized carbons (Fsp3) is 0.0870. The molecular formula is C23H22BrO2P. The van der Waals surface area contributed by atoms with Gasteiger partial charge >= 0.3 is 169 Å². The van der Waals surface area contributed by atoms with Crippen molar-refractivity contribution in [2.75, 3.05) is 13.3 Å². The molecule has 0 saturated carbocycles. The first-order chi connectivity index (χ1) is 13.1. The van der Waals surface area contributed by atoms with Crippen molar-refractivity contribution in [3.8, 4) is 0 Å². The third-order valence-electron chi connectivity index (χ3n) is 4.79. The zero-order valence-corrected chi connectivity index (χ0v) is 17.6. The molecule has 4 heteroatoms. The van der Waals surface area contributed by atoms with Gasteiger partial charge in [-0.1, -0.05) is 0 Å². The Bertz CT molecular complexity index is 825. The van der Waals surface area contributed by atoms with Crippen molar-refractivity contribution in [2.45, 2.75) is 0 Å². The molecule has 0 amide bonds. The molecule has 0 radical (unpaired) electrons. The van der Waals surface area contributed by atoms with E-state index in [1.807, 2.05) is 24.3 Å². The van der Waals surface area contributed by atoms with Crippen LogP contribution in [0.5, 0.6) is 0 Å². The minimum absolute atomic E-state index is 0.346. The predicted molar refractivity (Wildman–Crippen MR) is 120 cm³/mol. The summed E-state index contributed by atoms with van der Waals surface area (Å²) in [5.41, 5.74) is 0. The van der Waals surface area contributed by atoms with Gasteiger partial charge < -0.3 is 0 Å². The number of allylic oxidation sites excluding steroid dienone is 1. The number of hydrogen-bond donors (Lipinski definition) is 0. The Balaban J connectivity index is 2.32. The molecule has 0 atom stereocenters. The van der Waals surface area contributed by atoms with E-state index in [0.29, 0.717) is 6.16 Å². The standard InChI is InChI=1S/C23H22BrO2P/c1-26-23(25)18-11-19-27(24,20-12-5-2-6-13-20,21-14-7-3-8-15-21)22-16-9-4-10-17-22/h2-18H,19H2,1H3. The van der Waals surface area contributed by atoms with Crippen LogP contribution in [0.25, 0.3) is 0 Å². The summed E-state index contributed by atoms with van der Waals surface area (Å²) in [6.07, 6.45) is 4.10. The van der Waals surface area contributed by atoms with Gasteiger partial charge in [0, 0.05) is 0 Å². The summed E-state index contributed by atoms with van der Waals surface area (Å²) in [6.45, 7) is 0. The molecule has 0 N–H and O–H groups in total. The van der Waals surface area contributed by atoms with Crippen molar-refractivity contribution in [2.24, 2.45) is 0 Å². The molecule has 2 nitrogen and oxygen atoms in total. The number of benzene rings is 3. The number of halogens is 1. The summed E-state index contributed by atoms with van der Waals surface area (Å²) in [5.74, 6) is -0.346. The first kappa shape index (κ1) is 19.5. The van der Waals surface area contributed by atoms with Gasteiger partial charge in [-0.05, 0) is 0 Å². The summed E-state index contributed by atoms with van der Waals surface area (Å²) in [4.78, 5) is 11.7. The first-order valence-corrected chi connectivity index (χ1v) is 13.2. The van der Waals surface area contributed by atoms with Crippen LogP contribution in [0.2, 0.25) is 0 Å². The average Bonchev–Trinajstić information content (AvgIpc) is 2.75. The molecule has 0 unspecified atom stereocenters. The molecule has 0 heterocycles. The number of methoxy groups -OCH3 is 1. The second kappa shape index (κ2) is 8.21. The molecule has 138 valence electrons. The Labute approximate surface area is 168 Å². The number of ether oxygens (including phenoxy) is 1. The van der Waals surface area contributed by atoms with E-state index in [4.69, 9.17) is 4.74 Å². The first-order valence-electron chi connectivity index (χ1n) is 8.73. The maximum atomic E-state index is 11.7. The van der Waals surface area contributed by atoms with E-state index in [9.17, 15) is 4.79 Å². The van der Waals surface area contributed by atoms with Gasteiger partial charge in [0.25, 0.3) is 0 Å². The fourth-order valence-electron chi connectivity index (χ4n) is 3.39. The molecule has 27 heavy (non-hydrogen) atoms. The van der Waals surface area contributed by atoms with E-state index in [1.54, 1.807) is 0 Å². The van der Waals surface area contributed by atoms with Crippen molar-refractivity contribution in [1.29, 1.82) is 0 Å². The molecule has 3 aromatic carbocycles. The maximum absolute atomic E-state index is 11.7. The Morgan fingerprint density at radius 1 is 0.815 bits per heavy atom. The second-order valence-electron chi connectivity index (χ2n) is 6.30. The third kappa shape index (κ3) is 3.63. The molecular weight excluding hydrogens is 419 g/mol. The Morgan fingerprint density at radius 2 is 1.19 bits per heavy atom. The van der Waals surface area contributed by atoms with Gasteiger partial charge in [-0.15, -0.1) is 0 Å². The number of carbonyl (C=O) groups excluding carboxylic acids is 1. The SMILES string of the molecule is COC(=O)C=CCP(Br)(c1ccccc1)(c1ccccc1)c1ccccc1. The molecule has 0 aliphatic rings. The summed E-state index contributed by atoms with van der Waals surface area (Å²) in [5, 5.41) is 0.657. The van der Waals surface area contributed by atoms with Crippen LogP contribution in [0.3, 0.4) is 0 Å². The third-order valence-corrected chi connectivity index (χ3v) is 14.4. The van der Waals surface area contributed by atoms with E-state index in [-0.39, 0.29) is 5.97 Å². The molecule has 3 aromatic rings. The van der Waals surface area contributed by atoms with E-state index < -0.39 is 5.31 Å². The van der Waals surface area contributed by atoms with Crippen LogP contribution in [0.15, 0.2) is 103 Å². The van der Waals surface area contributed by atoms with Crippen molar-refractivity contribution in [1.82, 2.24) is 0 Å². The monoisotopic (exact) mass is 440 g/mol. The second-order valence-corrected chi connectivity index (χ2v) is 15.3. The molecule has 0 saturated heterocycles. The van der Waals surface area contributed by atoms with Crippen molar-refractivity contribution < 1.29 is 9.53 Å². The van der Waals surface area contributed by atoms with Gasteiger partial charge in [-0.25, -0.2) is 0 Å². The summed E-state index contributed by atoms with van der Waals surface area (Å²) < 4.78 is 4.79. The Hall–Kier alpha value is -2.22. The van der Waals surface area contributed by atoms with Crippen LogP contribution >= 0.6 is 20.8 Å². The topological polar surface area (TPSA) is 26.3 Å². The zero-order valence-electron chi connectivity index (χ0n) is 15.2. The van der Waals surface area contributed by atoms with Crippen molar-refractivity contribution >= 4 is 42.7 Å². The van der Waals surface area contributed by atoms with Crippen molar-refractivity contribution in [3.63, 3.8) is 0 Å². The van der Waals surface area contributed by atoms with Crippen LogP contribution in [0, 0.1) is 0 Å². The number of carbonyl (C=O) groups is 1. The average molecular weight is 441 g/mol. The quantitative estimate of drug-likeness (QED) is 0.319. The van der Waals surface area contributed by atoms with Gasteiger partial charge in [0.05, 0.1) is 0 Å². The van der Waals surface area contributed by atoms with Crippen LogP contribution < -0.4 is 15.9 Å². The van der Waals surface area contributed by atoms with Gasteiger partial charge in [0.15, 0.2) is 0 Å². The van der Waals surface area contributed by atoms with Gasteiger partial charge in [0.2, 0.25) is 0 Å². The van der Waals surface area contributed by atoms with Gasteiger partial charge in [-0.2, -0.15) is 0 Å². The van der Waals surface area contributed by atoms with Crippen LogP contribution in [-0.4, -0.2) is 19.2 Å². The van der Waals surface area contributed by atoms with E-state index in [1.165, 1.54) is 29.1 Å². The molecule has 0 aromatic heterocycles. The molecule has 0 aliphatic carbocycles. The zero-order chi connectivity index (χ0) is 19.2. The number of rotatable bonds is 6. The predicted octanol–water partition coefficient (Wildman–Crippen LogP) is 4.56. The van der Waals surface area contributed by atoms with Crippen LogP contribution in [0.4, 0.5) is 0 Å². The van der Waals surface area contributed by atoms with E-state index in [0.717, 1.165) is 0 Å². The summed E-state index contributed by atoms with van der Waals surface area (Å²) >= 11 is 4.32. The number of esters is 1. The van der Waals surface area contributed by atoms with Gasteiger partial charge in [-0.3, -0.25) is 0 Å². The molecule has 0 bridgehead atoms. The van der Waals surface area contributed by atoms with E-state index in [2.05, 4.69) is 88.3 Å².